The largest absolute Gasteiger partial charge is 0.467 e. The van der Waals surface area contributed by atoms with E-state index in [0.717, 1.165) is 46.3 Å². The van der Waals surface area contributed by atoms with Crippen LogP contribution >= 0.6 is 0 Å². The molecule has 2 saturated heterocycles. The lowest BCUT2D eigenvalue weighted by molar-refractivity contribution is -0.149. The van der Waals surface area contributed by atoms with Crippen LogP contribution in [0.2, 0.25) is 0 Å². The summed E-state index contributed by atoms with van der Waals surface area (Å²) in [5.41, 5.74) is 0.416. The van der Waals surface area contributed by atoms with Crippen LogP contribution in [0.5, 0.6) is 5.75 Å². The molecule has 0 bridgehead atoms. The van der Waals surface area contributed by atoms with Gasteiger partial charge in [0.25, 0.3) is 0 Å². The first-order valence-corrected chi connectivity index (χ1v) is 11.3. The number of carbonyl (C=O) groups is 3. The van der Waals surface area contributed by atoms with Crippen LogP contribution in [0.4, 0.5) is 8.78 Å². The molecular weight excluding hydrogens is 468 g/mol. The zero-order valence-corrected chi connectivity index (χ0v) is 19.7. The zero-order chi connectivity index (χ0) is 25.6. The van der Waals surface area contributed by atoms with Gasteiger partial charge in [-0.15, -0.1) is 0 Å². The van der Waals surface area contributed by atoms with Crippen LogP contribution < -0.4 is 15.4 Å². The van der Waals surface area contributed by atoms with Crippen molar-refractivity contribution in [2.24, 2.45) is 5.41 Å². The van der Waals surface area contributed by atoms with E-state index in [1.807, 2.05) is 4.90 Å². The maximum atomic E-state index is 12.7. The Morgan fingerprint density at radius 2 is 1.77 bits per heavy atom. The van der Waals surface area contributed by atoms with Crippen molar-refractivity contribution in [1.29, 1.82) is 0 Å². The van der Waals surface area contributed by atoms with Gasteiger partial charge in [-0.3, -0.25) is 14.5 Å². The van der Waals surface area contributed by atoms with E-state index in [2.05, 4.69) is 20.1 Å². The highest BCUT2D eigenvalue weighted by atomic mass is 19.3. The first-order valence-electron chi connectivity index (χ1n) is 11.3. The summed E-state index contributed by atoms with van der Waals surface area (Å²) in [4.78, 5) is 39.4. The van der Waals surface area contributed by atoms with Crippen molar-refractivity contribution >= 4 is 17.8 Å². The number of hydrogen-bond donors (Lipinski definition) is 3. The fourth-order valence-corrected chi connectivity index (χ4v) is 4.13. The third kappa shape index (κ3) is 7.09. The quantitative estimate of drug-likeness (QED) is 0.400. The molecule has 1 spiro atoms. The number of alkyl halides is 2. The number of carbonyl (C=O) groups excluding carboxylic acids is 3. The molecule has 0 radical (unpaired) electrons. The van der Waals surface area contributed by atoms with Gasteiger partial charge in [-0.2, -0.15) is 8.78 Å². The van der Waals surface area contributed by atoms with Crippen LogP contribution in [0.15, 0.2) is 24.3 Å². The van der Waals surface area contributed by atoms with E-state index in [9.17, 15) is 28.3 Å². The number of esters is 1. The molecule has 10 nitrogen and oxygen atoms in total. The van der Waals surface area contributed by atoms with E-state index in [0.29, 0.717) is 0 Å². The minimum atomic E-state index is -3.01. The number of rotatable bonds is 10. The van der Waals surface area contributed by atoms with Gasteiger partial charge in [0.05, 0.1) is 26.9 Å². The summed E-state index contributed by atoms with van der Waals surface area (Å²) in [5, 5.41) is 15.6. The highest BCUT2D eigenvalue weighted by Gasteiger charge is 2.41. The van der Waals surface area contributed by atoms with Crippen LogP contribution in [0.25, 0.3) is 0 Å². The molecule has 1 aromatic carbocycles. The van der Waals surface area contributed by atoms with Gasteiger partial charge in [-0.1, -0.05) is 12.1 Å². The molecule has 194 valence electrons. The number of ether oxygens (including phenoxy) is 3. The van der Waals surface area contributed by atoms with Crippen LogP contribution in [0, 0.1) is 5.41 Å². The van der Waals surface area contributed by atoms with Crippen LogP contribution in [-0.2, 0) is 23.9 Å². The number of aliphatic hydroxyl groups excluding tert-OH is 1. The standard InChI is InChI=1S/C23H31F2N3O7/c1-14(26-17(29)11-28-9-7-23(8-10-28)12-34-13-23)20(31)27-18(21(32)33-2)19(30)15-3-5-16(6-4-15)35-22(24)25/h3-6,14,18-19,22,30H,7-13H2,1-2H3,(H,26,29)(H,27,31)/t14-,18-,19+/m0/s1. The minimum Gasteiger partial charge on any atom is -0.467 e. The van der Waals surface area contributed by atoms with Gasteiger partial charge in [0.15, 0.2) is 6.04 Å². The van der Waals surface area contributed by atoms with Crippen LogP contribution in [0.1, 0.15) is 31.4 Å². The van der Waals surface area contributed by atoms with Crippen molar-refractivity contribution in [2.75, 3.05) is 40.0 Å². The maximum Gasteiger partial charge on any atom is 0.387 e. The summed E-state index contributed by atoms with van der Waals surface area (Å²) >= 11 is 0. The number of halogens is 2. The molecule has 2 aliphatic heterocycles. The highest BCUT2D eigenvalue weighted by molar-refractivity contribution is 5.91. The number of amides is 2. The molecule has 2 heterocycles. The summed E-state index contributed by atoms with van der Waals surface area (Å²) in [6.45, 7) is 1.68. The SMILES string of the molecule is COC(=O)[C@@H](NC(=O)[C@H](C)NC(=O)CN1CCC2(CC1)COC2)[C@H](O)c1ccc(OC(F)F)cc1. The summed E-state index contributed by atoms with van der Waals surface area (Å²) in [5.74, 6) is -2.08. The van der Waals surface area contributed by atoms with Gasteiger partial charge < -0.3 is 30.0 Å². The van der Waals surface area contributed by atoms with E-state index in [4.69, 9.17) is 4.74 Å². The van der Waals surface area contributed by atoms with Crippen molar-refractivity contribution in [3.8, 4) is 5.75 Å². The maximum absolute atomic E-state index is 12.7. The minimum absolute atomic E-state index is 0.129. The number of nitrogens with zero attached hydrogens (tertiary/aromatic N) is 1. The normalized spacial score (nSPS) is 19.8. The molecule has 3 rings (SSSR count). The van der Waals surface area contributed by atoms with Crippen LogP contribution in [0.3, 0.4) is 0 Å². The van der Waals surface area contributed by atoms with Crippen molar-refractivity contribution in [2.45, 2.75) is 44.6 Å². The Bertz CT molecular complexity index is 886. The fraction of sp³-hybridized carbons (Fsp3) is 0.609. The Morgan fingerprint density at radius 3 is 2.29 bits per heavy atom. The molecule has 1 aromatic rings. The number of hydrogen-bond acceptors (Lipinski definition) is 8. The number of nitrogens with one attached hydrogen (secondary N) is 2. The molecule has 2 fully saturated rings. The number of benzene rings is 1. The lowest BCUT2D eigenvalue weighted by atomic mass is 9.77. The van der Waals surface area contributed by atoms with E-state index < -0.39 is 36.7 Å². The third-order valence-corrected chi connectivity index (χ3v) is 6.39. The summed E-state index contributed by atoms with van der Waals surface area (Å²) in [7, 11) is 1.09. The second kappa shape index (κ2) is 11.7. The zero-order valence-electron chi connectivity index (χ0n) is 19.7. The summed E-state index contributed by atoms with van der Waals surface area (Å²) < 4.78 is 38.9. The number of methoxy groups -OCH3 is 1. The van der Waals surface area contributed by atoms with Gasteiger partial charge in [0.1, 0.15) is 17.9 Å². The lowest BCUT2D eigenvalue weighted by Gasteiger charge is -2.47. The van der Waals surface area contributed by atoms with Crippen molar-refractivity contribution in [3.63, 3.8) is 0 Å². The molecule has 35 heavy (non-hydrogen) atoms. The molecule has 0 saturated carbocycles. The Kier molecular flexibility index (Phi) is 8.98. The molecule has 3 atom stereocenters. The molecule has 2 aliphatic rings. The number of likely N-dealkylation sites (tertiary alicyclic amines) is 1. The van der Waals surface area contributed by atoms with Crippen LogP contribution in [-0.4, -0.2) is 86.4 Å². The predicted octanol–water partition coefficient (Wildman–Crippen LogP) is 0.596. The smallest absolute Gasteiger partial charge is 0.387 e. The third-order valence-electron chi connectivity index (χ3n) is 6.39. The highest BCUT2D eigenvalue weighted by Crippen LogP contribution is 2.38. The topological polar surface area (TPSA) is 126 Å². The van der Waals surface area contributed by atoms with Gasteiger partial charge in [-0.05, 0) is 50.6 Å². The van der Waals surface area contributed by atoms with Crippen molar-refractivity contribution in [3.05, 3.63) is 29.8 Å². The fourth-order valence-electron chi connectivity index (χ4n) is 4.13. The average molecular weight is 500 g/mol. The summed E-state index contributed by atoms with van der Waals surface area (Å²) in [6, 6.07) is 2.49. The first kappa shape index (κ1) is 26.8. The Labute approximate surface area is 201 Å². The van der Waals surface area contributed by atoms with Crippen molar-refractivity contribution < 1.29 is 42.5 Å². The number of piperidine rings is 1. The van der Waals surface area contributed by atoms with Gasteiger partial charge >= 0.3 is 12.6 Å². The van der Waals surface area contributed by atoms with E-state index in [1.54, 1.807) is 0 Å². The Morgan fingerprint density at radius 1 is 1.14 bits per heavy atom. The van der Waals surface area contributed by atoms with E-state index >= 15 is 0 Å². The second-order valence-electron chi connectivity index (χ2n) is 8.96. The molecular formula is C23H31F2N3O7. The molecule has 0 aliphatic carbocycles. The molecule has 0 unspecified atom stereocenters. The van der Waals surface area contributed by atoms with E-state index in [1.165, 1.54) is 31.2 Å². The Hall–Kier alpha value is -2.83. The first-order chi connectivity index (χ1) is 16.6. The average Bonchev–Trinajstić information content (AvgIpc) is 2.81. The van der Waals surface area contributed by atoms with E-state index in [-0.39, 0.29) is 29.2 Å². The van der Waals surface area contributed by atoms with Gasteiger partial charge in [-0.25, -0.2) is 4.79 Å². The number of aliphatic hydroxyl groups is 1. The molecule has 12 heteroatoms. The Balaban J connectivity index is 1.53. The monoisotopic (exact) mass is 499 g/mol. The predicted molar refractivity (Wildman–Crippen MR) is 119 cm³/mol. The molecule has 2 amide bonds. The molecule has 0 aromatic heterocycles. The summed E-state index contributed by atoms with van der Waals surface area (Å²) in [6.07, 6.45) is 0.389. The van der Waals surface area contributed by atoms with Crippen molar-refractivity contribution in [1.82, 2.24) is 15.5 Å². The van der Waals surface area contributed by atoms with Gasteiger partial charge in [0, 0.05) is 5.41 Å². The lowest BCUT2D eigenvalue weighted by Crippen LogP contribution is -2.55. The second-order valence-corrected chi connectivity index (χ2v) is 8.96. The molecule has 3 N–H and O–H groups in total. The van der Waals surface area contributed by atoms with Gasteiger partial charge in [0.2, 0.25) is 11.8 Å².